The quantitative estimate of drug-likeness (QED) is 0.531. The summed E-state index contributed by atoms with van der Waals surface area (Å²) in [6.07, 6.45) is 1.55. The van der Waals surface area contributed by atoms with E-state index in [9.17, 15) is 4.79 Å². The number of hydrazone groups is 1. The number of aromatic nitrogens is 1. The Morgan fingerprint density at radius 2 is 1.91 bits per heavy atom. The molecule has 1 heterocycles. The minimum Gasteiger partial charge on any atom is -0.350 e. The number of benzene rings is 2. The zero-order chi connectivity index (χ0) is 16.4. The molecule has 23 heavy (non-hydrogen) atoms. The molecule has 116 valence electrons. The first-order valence-corrected chi connectivity index (χ1v) is 7.67. The maximum absolute atomic E-state index is 12.3. The summed E-state index contributed by atoms with van der Waals surface area (Å²) in [5.41, 5.74) is 5.41. The van der Waals surface area contributed by atoms with E-state index in [4.69, 9.17) is 23.2 Å². The number of hydrogen-bond donors (Lipinski definition) is 2. The standard InChI is InChI=1S/C17H13Cl2N3O/c1-10-15-13(19)3-2-4-14(15)21-16(10)17(23)22-20-9-11-5-7-12(18)8-6-11/h2-9,21H,1H3,(H,22,23). The van der Waals surface area contributed by atoms with Crippen LogP contribution in [-0.4, -0.2) is 17.1 Å². The summed E-state index contributed by atoms with van der Waals surface area (Å²) in [5, 5.41) is 6.07. The van der Waals surface area contributed by atoms with E-state index in [1.165, 1.54) is 0 Å². The molecule has 1 amide bonds. The molecule has 0 spiro atoms. The molecular weight excluding hydrogens is 333 g/mol. The number of hydrogen-bond acceptors (Lipinski definition) is 2. The number of H-pyrrole nitrogens is 1. The Morgan fingerprint density at radius 1 is 1.17 bits per heavy atom. The van der Waals surface area contributed by atoms with Gasteiger partial charge in [0.1, 0.15) is 5.69 Å². The third-order valence-corrected chi connectivity index (χ3v) is 4.07. The SMILES string of the molecule is Cc1c(C(=O)NN=Cc2ccc(Cl)cc2)[nH]c2cccc(Cl)c12. The normalized spacial score (nSPS) is 11.3. The summed E-state index contributed by atoms with van der Waals surface area (Å²) in [6, 6.07) is 12.6. The van der Waals surface area contributed by atoms with E-state index in [0.29, 0.717) is 15.7 Å². The van der Waals surface area contributed by atoms with Gasteiger partial charge in [0.05, 0.1) is 11.2 Å². The second-order valence-corrected chi connectivity index (χ2v) is 5.88. The van der Waals surface area contributed by atoms with Crippen molar-refractivity contribution in [3.05, 3.63) is 69.3 Å². The predicted octanol–water partition coefficient (Wildman–Crippen LogP) is 4.55. The summed E-state index contributed by atoms with van der Waals surface area (Å²) in [4.78, 5) is 15.3. The molecule has 0 aliphatic heterocycles. The third kappa shape index (κ3) is 3.23. The summed E-state index contributed by atoms with van der Waals surface area (Å²) in [7, 11) is 0. The molecule has 3 rings (SSSR count). The smallest absolute Gasteiger partial charge is 0.288 e. The molecule has 2 N–H and O–H groups in total. The van der Waals surface area contributed by atoms with Crippen LogP contribution in [0, 0.1) is 6.92 Å². The van der Waals surface area contributed by atoms with Crippen molar-refractivity contribution in [2.75, 3.05) is 0 Å². The fourth-order valence-electron chi connectivity index (χ4n) is 2.36. The molecule has 0 fully saturated rings. The largest absolute Gasteiger partial charge is 0.350 e. The second-order valence-electron chi connectivity index (χ2n) is 5.04. The van der Waals surface area contributed by atoms with Gasteiger partial charge < -0.3 is 4.98 Å². The Bertz CT molecular complexity index is 898. The maximum Gasteiger partial charge on any atom is 0.288 e. The second kappa shape index (κ2) is 6.44. The molecule has 0 unspecified atom stereocenters. The monoisotopic (exact) mass is 345 g/mol. The van der Waals surface area contributed by atoms with E-state index < -0.39 is 0 Å². The summed E-state index contributed by atoms with van der Waals surface area (Å²) in [6.45, 7) is 1.85. The summed E-state index contributed by atoms with van der Waals surface area (Å²) in [5.74, 6) is -0.319. The molecular formula is C17H13Cl2N3O. The van der Waals surface area contributed by atoms with Gasteiger partial charge in [0.25, 0.3) is 5.91 Å². The van der Waals surface area contributed by atoms with Gasteiger partial charge in [-0.15, -0.1) is 0 Å². The van der Waals surface area contributed by atoms with Crippen LogP contribution in [0.15, 0.2) is 47.6 Å². The van der Waals surface area contributed by atoms with Crippen LogP contribution in [0.2, 0.25) is 10.0 Å². The van der Waals surface area contributed by atoms with E-state index >= 15 is 0 Å². The predicted molar refractivity (Wildman–Crippen MR) is 94.6 cm³/mol. The number of aryl methyl sites for hydroxylation is 1. The Labute approximate surface area is 143 Å². The number of nitrogens with one attached hydrogen (secondary N) is 2. The van der Waals surface area contributed by atoms with Crippen LogP contribution >= 0.6 is 23.2 Å². The average Bonchev–Trinajstić information content (AvgIpc) is 2.88. The van der Waals surface area contributed by atoms with Gasteiger partial charge in [0.2, 0.25) is 0 Å². The van der Waals surface area contributed by atoms with Gasteiger partial charge >= 0.3 is 0 Å². The molecule has 0 bridgehead atoms. The van der Waals surface area contributed by atoms with Crippen LogP contribution in [0.5, 0.6) is 0 Å². The van der Waals surface area contributed by atoms with Crippen LogP contribution in [0.4, 0.5) is 0 Å². The third-order valence-electron chi connectivity index (χ3n) is 3.50. The Hall–Kier alpha value is -2.30. The number of nitrogens with zero attached hydrogens (tertiary/aromatic N) is 1. The van der Waals surface area contributed by atoms with Crippen molar-refractivity contribution >= 4 is 46.2 Å². The maximum atomic E-state index is 12.3. The van der Waals surface area contributed by atoms with Gasteiger partial charge in [-0.1, -0.05) is 41.4 Å². The molecule has 4 nitrogen and oxygen atoms in total. The van der Waals surface area contributed by atoms with Crippen molar-refractivity contribution in [1.82, 2.24) is 10.4 Å². The minimum absolute atomic E-state index is 0.319. The fraction of sp³-hybridized carbons (Fsp3) is 0.0588. The number of carbonyl (C=O) groups is 1. The van der Waals surface area contributed by atoms with Crippen molar-refractivity contribution < 1.29 is 4.79 Å². The number of halogens is 2. The minimum atomic E-state index is -0.319. The van der Waals surface area contributed by atoms with E-state index in [1.54, 1.807) is 24.4 Å². The van der Waals surface area contributed by atoms with Gasteiger partial charge in [-0.3, -0.25) is 4.79 Å². The van der Waals surface area contributed by atoms with E-state index in [-0.39, 0.29) is 5.91 Å². The van der Waals surface area contributed by atoms with Gasteiger partial charge in [0, 0.05) is 15.9 Å². The van der Waals surface area contributed by atoms with Crippen molar-refractivity contribution in [3.8, 4) is 0 Å². The first-order chi connectivity index (χ1) is 11.1. The van der Waals surface area contributed by atoms with Crippen molar-refractivity contribution in [2.45, 2.75) is 6.92 Å². The molecule has 0 saturated carbocycles. The van der Waals surface area contributed by atoms with Crippen LogP contribution in [0.25, 0.3) is 10.9 Å². The molecule has 0 atom stereocenters. The molecule has 0 aliphatic rings. The number of aromatic amines is 1. The molecule has 6 heteroatoms. The van der Waals surface area contributed by atoms with Gasteiger partial charge in [-0.25, -0.2) is 5.43 Å². The lowest BCUT2D eigenvalue weighted by Gasteiger charge is -1.99. The fourth-order valence-corrected chi connectivity index (χ4v) is 2.80. The Kier molecular flexibility index (Phi) is 4.37. The molecule has 0 saturated heterocycles. The first-order valence-electron chi connectivity index (χ1n) is 6.92. The van der Waals surface area contributed by atoms with E-state index in [2.05, 4.69) is 15.5 Å². The van der Waals surface area contributed by atoms with Gasteiger partial charge in [-0.05, 0) is 42.3 Å². The average molecular weight is 346 g/mol. The molecule has 0 aliphatic carbocycles. The summed E-state index contributed by atoms with van der Waals surface area (Å²) < 4.78 is 0. The number of carbonyl (C=O) groups excluding carboxylic acids is 1. The van der Waals surface area contributed by atoms with Crippen LogP contribution in [0.1, 0.15) is 21.6 Å². The molecule has 1 aromatic heterocycles. The Balaban J connectivity index is 1.80. The summed E-state index contributed by atoms with van der Waals surface area (Å²) >= 11 is 12.0. The number of amides is 1. The molecule has 0 radical (unpaired) electrons. The van der Waals surface area contributed by atoms with Crippen molar-refractivity contribution in [2.24, 2.45) is 5.10 Å². The lowest BCUT2D eigenvalue weighted by atomic mass is 10.1. The van der Waals surface area contributed by atoms with Gasteiger partial charge in [0.15, 0.2) is 0 Å². The first kappa shape index (κ1) is 15.6. The van der Waals surface area contributed by atoms with E-state index in [1.807, 2.05) is 31.2 Å². The van der Waals surface area contributed by atoms with Crippen LogP contribution in [-0.2, 0) is 0 Å². The lowest BCUT2D eigenvalue weighted by Crippen LogP contribution is -2.18. The highest BCUT2D eigenvalue weighted by Gasteiger charge is 2.15. The highest BCUT2D eigenvalue weighted by atomic mass is 35.5. The highest BCUT2D eigenvalue weighted by Crippen LogP contribution is 2.28. The van der Waals surface area contributed by atoms with Crippen LogP contribution in [0.3, 0.4) is 0 Å². The zero-order valence-corrected chi connectivity index (χ0v) is 13.7. The van der Waals surface area contributed by atoms with Crippen molar-refractivity contribution in [1.29, 1.82) is 0 Å². The lowest BCUT2D eigenvalue weighted by molar-refractivity contribution is 0.0950. The highest BCUT2D eigenvalue weighted by molar-refractivity contribution is 6.36. The molecule has 2 aromatic carbocycles. The van der Waals surface area contributed by atoms with E-state index in [0.717, 1.165) is 22.0 Å². The van der Waals surface area contributed by atoms with Crippen LogP contribution < -0.4 is 5.43 Å². The van der Waals surface area contributed by atoms with Gasteiger partial charge in [-0.2, -0.15) is 5.10 Å². The zero-order valence-electron chi connectivity index (χ0n) is 12.2. The molecule has 3 aromatic rings. The number of rotatable bonds is 3. The van der Waals surface area contributed by atoms with Crippen molar-refractivity contribution in [3.63, 3.8) is 0 Å². The number of fused-ring (bicyclic) bond motifs is 1. The topological polar surface area (TPSA) is 57.2 Å². The Morgan fingerprint density at radius 3 is 2.61 bits per heavy atom.